The number of benzene rings is 1. The van der Waals surface area contributed by atoms with E-state index in [-0.39, 0.29) is 11.7 Å². The van der Waals surface area contributed by atoms with Crippen molar-refractivity contribution in [2.24, 2.45) is 0 Å². The largest absolute Gasteiger partial charge is 0.508 e. The highest BCUT2D eigenvalue weighted by Crippen LogP contribution is 2.30. The first-order valence-electron chi connectivity index (χ1n) is 10.5. The van der Waals surface area contributed by atoms with Crippen LogP contribution in [-0.2, 0) is 9.47 Å². The summed E-state index contributed by atoms with van der Waals surface area (Å²) in [6.45, 7) is 8.33. The molecule has 1 saturated heterocycles. The van der Waals surface area contributed by atoms with Gasteiger partial charge in [-0.2, -0.15) is 0 Å². The van der Waals surface area contributed by atoms with Crippen molar-refractivity contribution in [1.82, 2.24) is 15.0 Å². The van der Waals surface area contributed by atoms with Crippen LogP contribution in [-0.4, -0.2) is 63.9 Å². The number of anilines is 1. The number of aliphatic hydroxyl groups is 1. The average molecular weight is 425 g/mol. The zero-order valence-corrected chi connectivity index (χ0v) is 18.1. The maximum atomic E-state index is 9.92. The van der Waals surface area contributed by atoms with Crippen molar-refractivity contribution >= 4 is 16.9 Å². The normalized spacial score (nSPS) is 15.9. The van der Waals surface area contributed by atoms with E-state index in [1.807, 2.05) is 25.3 Å². The van der Waals surface area contributed by atoms with Gasteiger partial charge in [-0.25, -0.2) is 9.97 Å². The molecule has 1 unspecified atom stereocenters. The van der Waals surface area contributed by atoms with Crippen LogP contribution in [0.3, 0.4) is 0 Å². The molecule has 0 radical (unpaired) electrons. The van der Waals surface area contributed by atoms with E-state index < -0.39 is 5.79 Å². The number of rotatable bonds is 6. The lowest BCUT2D eigenvalue weighted by atomic mass is 10.0. The molecule has 0 saturated carbocycles. The summed E-state index contributed by atoms with van der Waals surface area (Å²) in [5, 5.41) is 19.8. The first-order valence-corrected chi connectivity index (χ1v) is 10.5. The summed E-state index contributed by atoms with van der Waals surface area (Å²) >= 11 is 0. The van der Waals surface area contributed by atoms with Gasteiger partial charge in [0, 0.05) is 30.8 Å². The summed E-state index contributed by atoms with van der Waals surface area (Å²) in [5.74, 6) is 0.294. The van der Waals surface area contributed by atoms with Crippen LogP contribution in [0.1, 0.15) is 32.3 Å². The van der Waals surface area contributed by atoms with Gasteiger partial charge >= 0.3 is 0 Å². The zero-order chi connectivity index (χ0) is 22.0. The van der Waals surface area contributed by atoms with E-state index in [9.17, 15) is 10.2 Å². The van der Waals surface area contributed by atoms with Crippen LogP contribution in [0.15, 0.2) is 36.5 Å². The molecule has 4 rings (SSSR count). The summed E-state index contributed by atoms with van der Waals surface area (Å²) < 4.78 is 11.0. The number of ether oxygens (including phenoxy) is 2. The molecule has 3 heterocycles. The fraction of sp³-hybridized carbons (Fsp3) is 0.435. The van der Waals surface area contributed by atoms with E-state index in [4.69, 9.17) is 24.4 Å². The Kier molecular flexibility index (Phi) is 6.04. The number of hydrogen-bond acceptors (Lipinski definition) is 8. The molecule has 1 aromatic carbocycles. The number of pyridine rings is 1. The molecule has 1 aliphatic rings. The SMILES string of the molecule is CC(COC(C)(C)O)c1cnc2c(N3CCOCC3)nc(-c3cccc(O)c3)nc2c1. The topological polar surface area (TPSA) is 101 Å². The number of hydrogen-bond donors (Lipinski definition) is 2. The number of fused-ring (bicyclic) bond motifs is 1. The fourth-order valence-corrected chi connectivity index (χ4v) is 3.48. The molecule has 1 aliphatic heterocycles. The Balaban J connectivity index is 1.77. The van der Waals surface area contributed by atoms with Crippen molar-refractivity contribution in [3.05, 3.63) is 42.1 Å². The third-order valence-corrected chi connectivity index (χ3v) is 5.21. The van der Waals surface area contributed by atoms with Crippen LogP contribution in [0.25, 0.3) is 22.4 Å². The van der Waals surface area contributed by atoms with Crippen LogP contribution < -0.4 is 4.90 Å². The van der Waals surface area contributed by atoms with E-state index in [0.717, 1.165) is 41.1 Å². The lowest BCUT2D eigenvalue weighted by molar-refractivity contribution is -0.178. The van der Waals surface area contributed by atoms with Crippen LogP contribution in [0.2, 0.25) is 0 Å². The second-order valence-electron chi connectivity index (χ2n) is 8.32. The molecule has 31 heavy (non-hydrogen) atoms. The highest BCUT2D eigenvalue weighted by atomic mass is 16.6. The highest BCUT2D eigenvalue weighted by Gasteiger charge is 2.21. The summed E-state index contributed by atoms with van der Waals surface area (Å²) in [7, 11) is 0. The minimum atomic E-state index is -1.19. The Morgan fingerprint density at radius 1 is 1.19 bits per heavy atom. The lowest BCUT2D eigenvalue weighted by Gasteiger charge is -2.28. The van der Waals surface area contributed by atoms with Gasteiger partial charge in [0.05, 0.1) is 25.3 Å². The molecule has 0 amide bonds. The molecule has 2 aromatic heterocycles. The Bertz CT molecular complexity index is 1060. The van der Waals surface area contributed by atoms with Gasteiger partial charge in [-0.1, -0.05) is 19.1 Å². The van der Waals surface area contributed by atoms with Crippen LogP contribution >= 0.6 is 0 Å². The van der Waals surface area contributed by atoms with E-state index in [2.05, 4.69) is 4.90 Å². The minimum Gasteiger partial charge on any atom is -0.508 e. The Morgan fingerprint density at radius 3 is 2.68 bits per heavy atom. The van der Waals surface area contributed by atoms with Crippen LogP contribution in [0, 0.1) is 0 Å². The molecule has 8 heteroatoms. The number of morpholine rings is 1. The van der Waals surface area contributed by atoms with E-state index in [1.165, 1.54) is 0 Å². The van der Waals surface area contributed by atoms with E-state index in [0.29, 0.717) is 25.6 Å². The Labute approximate surface area is 181 Å². The zero-order valence-electron chi connectivity index (χ0n) is 18.1. The van der Waals surface area contributed by atoms with Crippen molar-refractivity contribution in [3.63, 3.8) is 0 Å². The molecule has 8 nitrogen and oxygen atoms in total. The van der Waals surface area contributed by atoms with Crippen molar-refractivity contribution in [3.8, 4) is 17.1 Å². The molecule has 2 N–H and O–H groups in total. The van der Waals surface area contributed by atoms with Gasteiger partial charge in [0.2, 0.25) is 0 Å². The van der Waals surface area contributed by atoms with Gasteiger partial charge in [-0.05, 0) is 37.6 Å². The molecule has 1 atom stereocenters. The predicted octanol–water partition coefficient (Wildman–Crippen LogP) is 3.08. The standard InChI is InChI=1S/C23H28N4O4/c1-15(14-31-23(2,3)29)17-12-19-20(24-13-17)22(27-7-9-30-10-8-27)26-21(25-19)16-5-4-6-18(28)11-16/h4-6,11-13,15,28-29H,7-10,14H2,1-3H3. The summed E-state index contributed by atoms with van der Waals surface area (Å²) in [6.07, 6.45) is 1.82. The molecule has 1 fully saturated rings. The number of aromatic hydroxyl groups is 1. The second-order valence-corrected chi connectivity index (χ2v) is 8.32. The van der Waals surface area contributed by atoms with Gasteiger partial charge in [0.1, 0.15) is 11.3 Å². The molecular formula is C23H28N4O4. The maximum absolute atomic E-state index is 9.92. The van der Waals surface area contributed by atoms with E-state index >= 15 is 0 Å². The molecule has 0 aliphatic carbocycles. The predicted molar refractivity (Wildman–Crippen MR) is 118 cm³/mol. The average Bonchev–Trinajstić information content (AvgIpc) is 2.76. The summed E-state index contributed by atoms with van der Waals surface area (Å²) in [5.41, 5.74) is 3.15. The van der Waals surface area contributed by atoms with E-state index in [1.54, 1.807) is 32.0 Å². The first kappa shape index (κ1) is 21.4. The lowest BCUT2D eigenvalue weighted by Crippen LogP contribution is -2.37. The van der Waals surface area contributed by atoms with Crippen LogP contribution in [0.5, 0.6) is 5.75 Å². The van der Waals surface area contributed by atoms with Crippen LogP contribution in [0.4, 0.5) is 5.82 Å². The summed E-state index contributed by atoms with van der Waals surface area (Å²) in [4.78, 5) is 16.4. The Morgan fingerprint density at radius 2 is 1.97 bits per heavy atom. The van der Waals surface area contributed by atoms with Gasteiger partial charge in [0.15, 0.2) is 17.4 Å². The van der Waals surface area contributed by atoms with Gasteiger partial charge in [0.25, 0.3) is 0 Å². The monoisotopic (exact) mass is 424 g/mol. The fourth-order valence-electron chi connectivity index (χ4n) is 3.48. The third kappa shape index (κ3) is 5.10. The minimum absolute atomic E-state index is 0.0225. The number of aromatic nitrogens is 3. The number of phenols is 1. The first-order chi connectivity index (χ1) is 14.8. The van der Waals surface area contributed by atoms with Gasteiger partial charge in [-0.15, -0.1) is 0 Å². The quantitative estimate of drug-likeness (QED) is 0.582. The molecule has 0 bridgehead atoms. The van der Waals surface area contributed by atoms with Gasteiger partial charge in [-0.3, -0.25) is 4.98 Å². The van der Waals surface area contributed by atoms with Crippen molar-refractivity contribution in [2.45, 2.75) is 32.5 Å². The second kappa shape index (κ2) is 8.74. The van der Waals surface area contributed by atoms with Gasteiger partial charge < -0.3 is 24.6 Å². The molecule has 164 valence electrons. The molecular weight excluding hydrogens is 396 g/mol. The third-order valence-electron chi connectivity index (χ3n) is 5.21. The molecule has 3 aromatic rings. The highest BCUT2D eigenvalue weighted by molar-refractivity contribution is 5.88. The van der Waals surface area contributed by atoms with Crippen molar-refractivity contribution in [1.29, 1.82) is 0 Å². The summed E-state index contributed by atoms with van der Waals surface area (Å²) in [6, 6.07) is 8.93. The Hall–Kier alpha value is -2.81. The maximum Gasteiger partial charge on any atom is 0.162 e. The smallest absolute Gasteiger partial charge is 0.162 e. The van der Waals surface area contributed by atoms with Crippen molar-refractivity contribution < 1.29 is 19.7 Å². The number of nitrogens with zero attached hydrogens (tertiary/aromatic N) is 4. The number of phenolic OH excluding ortho intramolecular Hbond substituents is 1. The van der Waals surface area contributed by atoms with Crippen molar-refractivity contribution in [2.75, 3.05) is 37.8 Å². The molecule has 0 spiro atoms.